The van der Waals surface area contributed by atoms with Crippen LogP contribution in [0.5, 0.6) is 0 Å². The van der Waals surface area contributed by atoms with Gasteiger partial charge in [-0.25, -0.2) is 4.98 Å². The summed E-state index contributed by atoms with van der Waals surface area (Å²) in [6, 6.07) is 12.7. The van der Waals surface area contributed by atoms with Crippen molar-refractivity contribution in [1.29, 1.82) is 0 Å². The fourth-order valence-corrected chi connectivity index (χ4v) is 4.27. The van der Waals surface area contributed by atoms with Gasteiger partial charge in [0.05, 0.1) is 0 Å². The van der Waals surface area contributed by atoms with E-state index in [0.29, 0.717) is 28.4 Å². The molecule has 2 atom stereocenters. The summed E-state index contributed by atoms with van der Waals surface area (Å²) >= 11 is 6.08. The number of rotatable bonds is 3. The van der Waals surface area contributed by atoms with E-state index in [4.69, 9.17) is 11.6 Å². The van der Waals surface area contributed by atoms with Gasteiger partial charge in [-0.15, -0.1) is 0 Å². The minimum atomic E-state index is -0.438. The first kappa shape index (κ1) is 19.4. The topological polar surface area (TPSA) is 71.1 Å². The Morgan fingerprint density at radius 1 is 1.17 bits per heavy atom. The van der Waals surface area contributed by atoms with E-state index in [9.17, 15) is 9.59 Å². The second-order valence-electron chi connectivity index (χ2n) is 7.65. The SMILES string of the molecule is CC1=C(C(=O)Nc2ccccn2)C(c2ccc(Cl)cc2)C2=C(CC(C)CC2=O)N1. The molecule has 2 heterocycles. The smallest absolute Gasteiger partial charge is 0.255 e. The van der Waals surface area contributed by atoms with Gasteiger partial charge in [-0.05, 0) is 49.1 Å². The number of dihydropyridines is 1. The zero-order valence-electron chi connectivity index (χ0n) is 16.3. The van der Waals surface area contributed by atoms with Crippen molar-refractivity contribution < 1.29 is 9.59 Å². The predicted molar refractivity (Wildman–Crippen MR) is 113 cm³/mol. The molecular formula is C23H22ClN3O2. The van der Waals surface area contributed by atoms with Gasteiger partial charge in [0, 0.05) is 46.1 Å². The zero-order valence-corrected chi connectivity index (χ0v) is 17.1. The maximum absolute atomic E-state index is 13.3. The highest BCUT2D eigenvalue weighted by Gasteiger charge is 2.39. The number of pyridine rings is 1. The summed E-state index contributed by atoms with van der Waals surface area (Å²) in [5.41, 5.74) is 3.75. The van der Waals surface area contributed by atoms with E-state index in [0.717, 1.165) is 23.4 Å². The van der Waals surface area contributed by atoms with Crippen LogP contribution in [0.2, 0.25) is 5.02 Å². The van der Waals surface area contributed by atoms with E-state index in [2.05, 4.69) is 22.5 Å². The minimum Gasteiger partial charge on any atom is -0.362 e. The molecule has 1 aromatic heterocycles. The van der Waals surface area contributed by atoms with Gasteiger partial charge < -0.3 is 10.6 Å². The number of nitrogens with one attached hydrogen (secondary N) is 2. The Hall–Kier alpha value is -2.92. The fraction of sp³-hybridized carbons (Fsp3) is 0.261. The Kier molecular flexibility index (Phi) is 5.24. The number of carbonyl (C=O) groups excluding carboxylic acids is 2. The number of hydrogen-bond donors (Lipinski definition) is 2. The van der Waals surface area contributed by atoms with Crippen molar-refractivity contribution in [3.8, 4) is 0 Å². The van der Waals surface area contributed by atoms with Crippen LogP contribution in [0.1, 0.15) is 38.2 Å². The monoisotopic (exact) mass is 407 g/mol. The van der Waals surface area contributed by atoms with Crippen LogP contribution in [0.4, 0.5) is 5.82 Å². The quantitative estimate of drug-likeness (QED) is 0.780. The van der Waals surface area contributed by atoms with Crippen molar-refractivity contribution in [3.05, 3.63) is 81.8 Å². The number of allylic oxidation sites excluding steroid dienone is 3. The number of ketones is 1. The van der Waals surface area contributed by atoms with Crippen molar-refractivity contribution >= 4 is 29.1 Å². The summed E-state index contributed by atoms with van der Waals surface area (Å²) < 4.78 is 0. The molecular weight excluding hydrogens is 386 g/mol. The number of aromatic nitrogens is 1. The van der Waals surface area contributed by atoms with Crippen LogP contribution in [-0.2, 0) is 9.59 Å². The molecule has 2 aromatic rings. The standard InChI is InChI=1S/C23H22ClN3O2/c1-13-11-17-22(18(28)12-13)21(15-6-8-16(24)9-7-15)20(14(2)26-17)23(29)27-19-5-3-4-10-25-19/h3-10,13,21,26H,11-12H2,1-2H3,(H,25,27,29). The van der Waals surface area contributed by atoms with Crippen LogP contribution in [0.15, 0.2) is 71.2 Å². The fourth-order valence-electron chi connectivity index (χ4n) is 4.14. The maximum Gasteiger partial charge on any atom is 0.255 e. The lowest BCUT2D eigenvalue weighted by molar-refractivity contribution is -0.117. The second kappa shape index (κ2) is 7.84. The van der Waals surface area contributed by atoms with Crippen molar-refractivity contribution in [1.82, 2.24) is 10.3 Å². The lowest BCUT2D eigenvalue weighted by atomic mass is 9.73. The highest BCUT2D eigenvalue weighted by atomic mass is 35.5. The van der Waals surface area contributed by atoms with Crippen LogP contribution < -0.4 is 10.6 Å². The molecule has 1 amide bonds. The van der Waals surface area contributed by atoms with Crippen molar-refractivity contribution in [3.63, 3.8) is 0 Å². The van der Waals surface area contributed by atoms with Gasteiger partial charge in [-0.2, -0.15) is 0 Å². The normalized spacial score (nSPS) is 21.6. The van der Waals surface area contributed by atoms with Gasteiger partial charge in [0.15, 0.2) is 5.78 Å². The third kappa shape index (κ3) is 3.83. The first-order chi connectivity index (χ1) is 13.9. The van der Waals surface area contributed by atoms with E-state index < -0.39 is 5.92 Å². The summed E-state index contributed by atoms with van der Waals surface area (Å²) in [5.74, 6) is 0.119. The largest absolute Gasteiger partial charge is 0.362 e. The van der Waals surface area contributed by atoms with Crippen LogP contribution in [0.25, 0.3) is 0 Å². The summed E-state index contributed by atoms with van der Waals surface area (Å²) in [6.07, 6.45) is 2.90. The highest BCUT2D eigenvalue weighted by Crippen LogP contribution is 2.43. The third-order valence-electron chi connectivity index (χ3n) is 5.39. The van der Waals surface area contributed by atoms with Crippen molar-refractivity contribution in [2.75, 3.05) is 5.32 Å². The Morgan fingerprint density at radius 3 is 2.62 bits per heavy atom. The van der Waals surface area contributed by atoms with Gasteiger partial charge in [0.1, 0.15) is 5.82 Å². The molecule has 0 radical (unpaired) electrons. The summed E-state index contributed by atoms with van der Waals surface area (Å²) in [6.45, 7) is 3.95. The molecule has 1 aromatic carbocycles. The molecule has 2 unspecified atom stereocenters. The second-order valence-corrected chi connectivity index (χ2v) is 8.08. The average Bonchev–Trinajstić information content (AvgIpc) is 2.68. The Balaban J connectivity index is 1.80. The van der Waals surface area contributed by atoms with Gasteiger partial charge >= 0.3 is 0 Å². The molecule has 6 heteroatoms. The van der Waals surface area contributed by atoms with E-state index in [1.807, 2.05) is 25.1 Å². The number of amides is 1. The molecule has 5 nitrogen and oxygen atoms in total. The number of halogens is 1. The van der Waals surface area contributed by atoms with Crippen LogP contribution in [0, 0.1) is 5.92 Å². The first-order valence-electron chi connectivity index (χ1n) is 9.66. The van der Waals surface area contributed by atoms with E-state index >= 15 is 0 Å². The number of Topliss-reactive ketones (excluding diaryl/α,β-unsaturated/α-hetero) is 1. The third-order valence-corrected chi connectivity index (χ3v) is 5.64. The summed E-state index contributed by atoms with van der Waals surface area (Å²) in [7, 11) is 0. The molecule has 29 heavy (non-hydrogen) atoms. The summed E-state index contributed by atoms with van der Waals surface area (Å²) in [4.78, 5) is 30.5. The zero-order chi connectivity index (χ0) is 20.5. The van der Waals surface area contributed by atoms with Gasteiger partial charge in [-0.1, -0.05) is 36.7 Å². The highest BCUT2D eigenvalue weighted by molar-refractivity contribution is 6.30. The number of anilines is 1. The molecule has 0 saturated heterocycles. The van der Waals surface area contributed by atoms with Crippen molar-refractivity contribution in [2.24, 2.45) is 5.92 Å². The van der Waals surface area contributed by atoms with Gasteiger partial charge in [0.2, 0.25) is 0 Å². The first-order valence-corrected chi connectivity index (χ1v) is 10.0. The maximum atomic E-state index is 13.3. The van der Waals surface area contributed by atoms with Gasteiger partial charge in [-0.3, -0.25) is 9.59 Å². The molecule has 0 fully saturated rings. The lowest BCUT2D eigenvalue weighted by Crippen LogP contribution is -2.37. The van der Waals surface area contributed by atoms with E-state index in [1.54, 1.807) is 30.5 Å². The molecule has 4 rings (SSSR count). The van der Waals surface area contributed by atoms with E-state index in [1.165, 1.54) is 0 Å². The lowest BCUT2D eigenvalue weighted by Gasteiger charge is -2.36. The van der Waals surface area contributed by atoms with E-state index in [-0.39, 0.29) is 17.6 Å². The molecule has 148 valence electrons. The summed E-state index contributed by atoms with van der Waals surface area (Å²) in [5, 5.41) is 6.81. The molecule has 0 saturated carbocycles. The number of nitrogens with zero attached hydrogens (tertiary/aromatic N) is 1. The molecule has 0 bridgehead atoms. The Morgan fingerprint density at radius 2 is 1.93 bits per heavy atom. The average molecular weight is 408 g/mol. The Bertz CT molecular complexity index is 1030. The van der Waals surface area contributed by atoms with Crippen LogP contribution in [-0.4, -0.2) is 16.7 Å². The molecule has 2 N–H and O–H groups in total. The number of hydrogen-bond acceptors (Lipinski definition) is 4. The van der Waals surface area contributed by atoms with Crippen LogP contribution >= 0.6 is 11.6 Å². The molecule has 1 aliphatic heterocycles. The van der Waals surface area contributed by atoms with Crippen LogP contribution in [0.3, 0.4) is 0 Å². The van der Waals surface area contributed by atoms with Crippen molar-refractivity contribution in [2.45, 2.75) is 32.6 Å². The molecule has 1 aliphatic carbocycles. The van der Waals surface area contributed by atoms with Gasteiger partial charge in [0.25, 0.3) is 5.91 Å². The minimum absolute atomic E-state index is 0.0850. The Labute approximate surface area is 174 Å². The molecule has 2 aliphatic rings. The number of carbonyl (C=O) groups is 2. The number of benzene rings is 1. The predicted octanol–water partition coefficient (Wildman–Crippen LogP) is 4.59. The molecule has 0 spiro atoms.